The largest absolute Gasteiger partial charge is 0.456 e. The van der Waals surface area contributed by atoms with Crippen molar-refractivity contribution in [3.63, 3.8) is 0 Å². The summed E-state index contributed by atoms with van der Waals surface area (Å²) in [5, 5.41) is 7.05. The molecule has 0 bridgehead atoms. The normalized spacial score (nSPS) is 16.0. The van der Waals surface area contributed by atoms with Crippen molar-refractivity contribution in [1.82, 2.24) is 0 Å². The summed E-state index contributed by atoms with van der Waals surface area (Å²) in [4.78, 5) is 2.49. The zero-order valence-corrected chi connectivity index (χ0v) is 47.2. The van der Waals surface area contributed by atoms with E-state index in [1.807, 2.05) is 6.07 Å². The van der Waals surface area contributed by atoms with E-state index in [1.165, 1.54) is 111 Å². The molecule has 3 aromatic heterocycles. The summed E-state index contributed by atoms with van der Waals surface area (Å²) in [7, 11) is 0. The lowest BCUT2D eigenvalue weighted by molar-refractivity contribution is 0.650. The molecule has 0 atom stereocenters. The highest BCUT2D eigenvalue weighted by Gasteiger charge is 2.45. The molecule has 4 heteroatoms. The predicted octanol–water partition coefficient (Wildman–Crippen LogP) is 21.7. The van der Waals surface area contributed by atoms with Crippen LogP contribution in [0.2, 0.25) is 0 Å². The van der Waals surface area contributed by atoms with Crippen LogP contribution >= 0.6 is 0 Å². The van der Waals surface area contributed by atoms with Gasteiger partial charge in [-0.05, 0) is 186 Å². The molecular weight excluding hydrogens is 999 g/mol. The van der Waals surface area contributed by atoms with Gasteiger partial charge < -0.3 is 18.2 Å². The topological polar surface area (TPSA) is 42.7 Å². The van der Waals surface area contributed by atoms with Crippen LogP contribution in [0.25, 0.3) is 121 Å². The molecule has 14 aromatic rings. The minimum atomic E-state index is -0.293. The Morgan fingerprint density at radius 1 is 0.268 bits per heavy atom. The van der Waals surface area contributed by atoms with Gasteiger partial charge in [0.25, 0.3) is 0 Å². The van der Waals surface area contributed by atoms with E-state index in [-0.39, 0.29) is 21.7 Å². The van der Waals surface area contributed by atoms with E-state index in [9.17, 15) is 0 Å². The number of anilines is 3. The molecule has 0 spiro atoms. The average Bonchev–Trinajstić information content (AvgIpc) is 1.93. The molecule has 11 aromatic carbocycles. The number of hydrogen-bond donors (Lipinski definition) is 0. The first kappa shape index (κ1) is 46.4. The number of para-hydroxylation sites is 4. The zero-order chi connectivity index (χ0) is 55.1. The second-order valence-electron chi connectivity index (χ2n) is 25.9. The number of nitrogens with zero attached hydrogens (tertiary/aromatic N) is 1. The van der Waals surface area contributed by atoms with Crippen molar-refractivity contribution in [1.29, 1.82) is 0 Å². The third-order valence-corrected chi connectivity index (χ3v) is 20.3. The first-order valence-corrected chi connectivity index (χ1v) is 29.0. The lowest BCUT2D eigenvalue weighted by Gasteiger charge is -2.30. The maximum atomic E-state index is 6.59. The van der Waals surface area contributed by atoms with Crippen LogP contribution in [0, 0.1) is 0 Å². The lowest BCUT2D eigenvalue weighted by atomic mass is 9.79. The van der Waals surface area contributed by atoms with E-state index < -0.39 is 0 Å². The van der Waals surface area contributed by atoms with Crippen LogP contribution < -0.4 is 4.90 Å². The maximum absolute atomic E-state index is 6.59. The predicted molar refractivity (Wildman–Crippen MR) is 339 cm³/mol. The minimum absolute atomic E-state index is 0.193. The van der Waals surface area contributed by atoms with Gasteiger partial charge in [0.2, 0.25) is 0 Å². The molecule has 3 heterocycles. The fourth-order valence-electron chi connectivity index (χ4n) is 16.0. The van der Waals surface area contributed by atoms with Gasteiger partial charge in [0.1, 0.15) is 33.5 Å². The summed E-state index contributed by atoms with van der Waals surface area (Å²) in [5.41, 5.74) is 31.5. The van der Waals surface area contributed by atoms with Gasteiger partial charge >= 0.3 is 0 Å². The summed E-state index contributed by atoms with van der Waals surface area (Å²) in [5.74, 6) is 0. The molecule has 4 aliphatic carbocycles. The molecule has 0 aliphatic heterocycles. The van der Waals surface area contributed by atoms with Crippen LogP contribution in [0.5, 0.6) is 0 Å². The van der Waals surface area contributed by atoms with Crippen molar-refractivity contribution >= 4 is 82.9 Å². The van der Waals surface area contributed by atoms with Gasteiger partial charge in [-0.2, -0.15) is 0 Å². The monoisotopic (exact) mass is 1060 g/mol. The van der Waals surface area contributed by atoms with Crippen LogP contribution in [0.15, 0.2) is 213 Å². The third-order valence-electron chi connectivity index (χ3n) is 20.3. The van der Waals surface area contributed by atoms with E-state index in [4.69, 9.17) is 13.3 Å². The standard InChI is InChI=1S/C78H57NO3/c1-75(2)57-32-34-68-72(51-17-10-13-22-66(51)80-68)70(57)55-40-61-53(38-63(55)75)47-30-28-44(36-59(47)77(61,5)6)79(43-26-24-42(25-27-43)46-19-15-20-50-49-16-9-12-21-65(49)82-74(46)50)45-29-31-48-54-39-64-56(41-62(54)78(7,8)60(48)37-45)71-58(76(64,3)4)33-35-69-73(71)52-18-11-14-23-67(52)81-69/h9-41H,1-8H3. The van der Waals surface area contributed by atoms with Gasteiger partial charge in [0, 0.05) is 76.6 Å². The summed E-state index contributed by atoms with van der Waals surface area (Å²) >= 11 is 0. The van der Waals surface area contributed by atoms with E-state index in [0.29, 0.717) is 0 Å². The first-order chi connectivity index (χ1) is 39.7. The molecule has 4 aliphatic rings. The zero-order valence-electron chi connectivity index (χ0n) is 47.2. The number of benzene rings is 11. The van der Waals surface area contributed by atoms with Gasteiger partial charge in [-0.25, -0.2) is 0 Å². The Kier molecular flexibility index (Phi) is 8.67. The second-order valence-corrected chi connectivity index (χ2v) is 25.9. The molecule has 0 amide bonds. The lowest BCUT2D eigenvalue weighted by Crippen LogP contribution is -2.18. The number of fused-ring (bicyclic) bond motifs is 23. The highest BCUT2D eigenvalue weighted by atomic mass is 16.3. The molecule has 0 saturated carbocycles. The summed E-state index contributed by atoms with van der Waals surface area (Å²) in [6.07, 6.45) is 0. The van der Waals surface area contributed by atoms with E-state index in [1.54, 1.807) is 0 Å². The Morgan fingerprint density at radius 2 is 0.671 bits per heavy atom. The Balaban J connectivity index is 0.793. The SMILES string of the molecule is CC1(C)c2cc(N(c3ccc(-c4cccc5c4oc4ccccc45)cc3)c3ccc4c(c3)C(C)(C)c3cc5c(cc3-4)C(C)(C)c3ccc4oc6ccccc6c4c3-5)ccc2-c2cc3c(cc21)-c1c(ccc2oc4ccccc4c12)C3(C)C. The molecule has 0 saturated heterocycles. The fraction of sp³-hybridized carbons (Fsp3) is 0.154. The quantitative estimate of drug-likeness (QED) is 0.176. The van der Waals surface area contributed by atoms with Crippen molar-refractivity contribution in [2.45, 2.75) is 77.0 Å². The molecule has 0 unspecified atom stereocenters. The van der Waals surface area contributed by atoms with Crippen molar-refractivity contribution in [2.24, 2.45) is 0 Å². The van der Waals surface area contributed by atoms with Crippen LogP contribution in [0.4, 0.5) is 17.1 Å². The van der Waals surface area contributed by atoms with Crippen LogP contribution in [0.3, 0.4) is 0 Å². The van der Waals surface area contributed by atoms with Gasteiger partial charge in [-0.15, -0.1) is 0 Å². The average molecular weight is 1060 g/mol. The second kappa shape index (κ2) is 15.3. The Bertz CT molecular complexity index is 4970. The molecule has 18 rings (SSSR count). The van der Waals surface area contributed by atoms with Crippen molar-refractivity contribution in [2.75, 3.05) is 4.90 Å². The van der Waals surface area contributed by atoms with Gasteiger partial charge in [0.05, 0.1) is 0 Å². The molecule has 392 valence electrons. The maximum Gasteiger partial charge on any atom is 0.143 e. The number of rotatable bonds is 4. The summed E-state index contributed by atoms with van der Waals surface area (Å²) < 4.78 is 19.6. The Hall–Kier alpha value is -9.38. The van der Waals surface area contributed by atoms with Gasteiger partial charge in [-0.3, -0.25) is 0 Å². The molecule has 0 radical (unpaired) electrons. The van der Waals surface area contributed by atoms with E-state index in [0.717, 1.165) is 72.5 Å². The Labute approximate surface area is 475 Å². The van der Waals surface area contributed by atoms with Crippen LogP contribution in [-0.2, 0) is 21.7 Å². The molecule has 0 fully saturated rings. The smallest absolute Gasteiger partial charge is 0.143 e. The molecular formula is C78H57NO3. The first-order valence-electron chi connectivity index (χ1n) is 29.0. The Morgan fingerprint density at radius 3 is 1.18 bits per heavy atom. The van der Waals surface area contributed by atoms with Crippen molar-refractivity contribution in [3.8, 4) is 55.6 Å². The van der Waals surface area contributed by atoms with Crippen LogP contribution in [-0.4, -0.2) is 0 Å². The van der Waals surface area contributed by atoms with Gasteiger partial charge in [0.15, 0.2) is 0 Å². The van der Waals surface area contributed by atoms with Crippen LogP contribution in [0.1, 0.15) is 99.9 Å². The van der Waals surface area contributed by atoms with E-state index in [2.05, 4.69) is 254 Å². The molecule has 82 heavy (non-hydrogen) atoms. The fourth-order valence-corrected chi connectivity index (χ4v) is 16.0. The minimum Gasteiger partial charge on any atom is -0.456 e. The van der Waals surface area contributed by atoms with Crippen molar-refractivity contribution in [3.05, 3.63) is 245 Å². The third kappa shape index (κ3) is 5.77. The summed E-state index contributed by atoms with van der Waals surface area (Å²) in [6.45, 7) is 19.3. The number of hydrogen-bond acceptors (Lipinski definition) is 4. The van der Waals surface area contributed by atoms with Crippen molar-refractivity contribution < 1.29 is 13.3 Å². The molecule has 4 nitrogen and oxygen atoms in total. The highest BCUT2D eigenvalue weighted by molar-refractivity contribution is 6.17. The number of furan rings is 3. The molecule has 0 N–H and O–H groups in total. The highest BCUT2D eigenvalue weighted by Crippen LogP contribution is 2.61. The van der Waals surface area contributed by atoms with E-state index >= 15 is 0 Å². The van der Waals surface area contributed by atoms with Gasteiger partial charge in [-0.1, -0.05) is 165 Å². The summed E-state index contributed by atoms with van der Waals surface area (Å²) in [6, 6.07) is 74.6.